The lowest BCUT2D eigenvalue weighted by Crippen LogP contribution is -2.54. The average Bonchev–Trinajstić information content (AvgIpc) is 3.63. The van der Waals surface area contributed by atoms with Gasteiger partial charge in [-0.25, -0.2) is 0 Å². The monoisotopic (exact) mass is 621 g/mol. The zero-order valence-electron chi connectivity index (χ0n) is 26.2. The Kier molecular flexibility index (Phi) is 11.8. The number of hydrogen-bond donors (Lipinski definition) is 1. The van der Waals surface area contributed by atoms with Gasteiger partial charge in [-0.3, -0.25) is 0 Å². The van der Waals surface area contributed by atoms with E-state index < -0.39 is 0 Å². The van der Waals surface area contributed by atoms with Gasteiger partial charge in [0.2, 0.25) is 0 Å². The number of nitrogens with one attached hydrogen (secondary N) is 1. The molecule has 2 aliphatic rings. The maximum atomic E-state index is 6.02. The van der Waals surface area contributed by atoms with E-state index in [-0.39, 0.29) is 0 Å². The van der Waals surface area contributed by atoms with Crippen LogP contribution in [0.1, 0.15) is 38.7 Å². The molecule has 5 nitrogen and oxygen atoms in total. The molecular weight excluding hydrogens is 573 g/mol. The summed E-state index contributed by atoms with van der Waals surface area (Å²) in [6, 6.07) is 24.7. The van der Waals surface area contributed by atoms with Crippen LogP contribution in [0, 0.1) is 0 Å². The predicted octanol–water partition coefficient (Wildman–Crippen LogP) is 7.43. The van der Waals surface area contributed by atoms with Crippen LogP contribution in [0.2, 0.25) is 10.0 Å². The van der Waals surface area contributed by atoms with Crippen LogP contribution < -0.4 is 5.32 Å². The number of benzene rings is 3. The molecule has 0 aliphatic carbocycles. The number of fused-ring (bicyclic) bond motifs is 3. The Morgan fingerprint density at radius 1 is 0.744 bits per heavy atom. The zero-order chi connectivity index (χ0) is 30.2. The van der Waals surface area contributed by atoms with Gasteiger partial charge in [-0.05, 0) is 96.0 Å². The minimum absolute atomic E-state index is 0.599. The van der Waals surface area contributed by atoms with Gasteiger partial charge in [-0.15, -0.1) is 0 Å². The Hall–Kier alpha value is -2.12. The second-order valence-electron chi connectivity index (χ2n) is 12.6. The van der Waals surface area contributed by atoms with Crippen molar-refractivity contribution in [2.45, 2.75) is 58.2 Å². The number of piperazine rings is 1. The van der Waals surface area contributed by atoms with Gasteiger partial charge in [0.05, 0.1) is 10.0 Å². The van der Waals surface area contributed by atoms with Crippen LogP contribution in [0.15, 0.2) is 66.7 Å². The highest BCUT2D eigenvalue weighted by atomic mass is 35.5. The van der Waals surface area contributed by atoms with Crippen LogP contribution in [0.25, 0.3) is 21.8 Å². The van der Waals surface area contributed by atoms with Crippen molar-refractivity contribution in [3.05, 3.63) is 82.3 Å². The fourth-order valence-corrected chi connectivity index (χ4v) is 7.09. The van der Waals surface area contributed by atoms with E-state index in [0.717, 1.165) is 39.1 Å². The Labute approximate surface area is 268 Å². The Morgan fingerprint density at radius 3 is 2.00 bits per heavy atom. The van der Waals surface area contributed by atoms with E-state index in [9.17, 15) is 0 Å². The molecule has 0 radical (unpaired) electrons. The minimum atomic E-state index is 0.599. The molecule has 1 aromatic heterocycles. The molecule has 0 unspecified atom stereocenters. The van der Waals surface area contributed by atoms with Gasteiger partial charge in [0.1, 0.15) is 0 Å². The molecule has 2 aliphatic heterocycles. The molecule has 7 heteroatoms. The number of para-hydroxylation sites is 2. The summed E-state index contributed by atoms with van der Waals surface area (Å²) in [7, 11) is 2.19. The Balaban J connectivity index is 0.000000177. The van der Waals surface area contributed by atoms with E-state index in [1.807, 2.05) is 12.1 Å². The van der Waals surface area contributed by atoms with Crippen molar-refractivity contribution in [1.29, 1.82) is 0 Å². The lowest BCUT2D eigenvalue weighted by atomic mass is 10.1. The molecule has 3 aromatic carbocycles. The van der Waals surface area contributed by atoms with Crippen LogP contribution in [-0.4, -0.2) is 90.8 Å². The highest BCUT2D eigenvalue weighted by Gasteiger charge is 2.20. The maximum Gasteiger partial charge on any atom is 0.0595 e. The van der Waals surface area contributed by atoms with Gasteiger partial charge in [-0.1, -0.05) is 65.7 Å². The van der Waals surface area contributed by atoms with Gasteiger partial charge in [-0.2, -0.15) is 0 Å². The standard InChI is InChI=1S/C21H27N3.C15H22Cl2N2/c1-16-14-23(15-17(2)22-16)12-7-13-24-20-10-5-3-8-18(20)19-9-4-6-11-21(19)24;1-18(10-11-19-7-2-3-8-19)9-6-13-4-5-14(16)15(17)12-13/h3-6,8-11,16-17,22H,7,12-15H2,1-2H3;4-5,12H,2-3,6-11H2,1H3/t16-,17+;. The summed E-state index contributed by atoms with van der Waals surface area (Å²) >= 11 is 11.9. The Bertz CT molecular complexity index is 1380. The summed E-state index contributed by atoms with van der Waals surface area (Å²) in [4.78, 5) is 7.55. The lowest BCUT2D eigenvalue weighted by Gasteiger charge is -2.36. The Morgan fingerprint density at radius 2 is 1.37 bits per heavy atom. The number of likely N-dealkylation sites (tertiary alicyclic amines) is 1. The largest absolute Gasteiger partial charge is 0.340 e. The molecule has 2 fully saturated rings. The number of rotatable bonds is 10. The summed E-state index contributed by atoms with van der Waals surface area (Å²) in [5, 5.41) is 7.64. The molecule has 3 heterocycles. The number of halogens is 2. The molecule has 6 rings (SSSR count). The first-order valence-electron chi connectivity index (χ1n) is 16.2. The first kappa shape index (κ1) is 32.3. The van der Waals surface area contributed by atoms with Crippen LogP contribution in [0.5, 0.6) is 0 Å². The van der Waals surface area contributed by atoms with Crippen molar-refractivity contribution < 1.29 is 0 Å². The number of aromatic nitrogens is 1. The quantitative estimate of drug-likeness (QED) is 0.199. The summed E-state index contributed by atoms with van der Waals surface area (Å²) in [6.45, 7) is 15.1. The molecule has 4 aromatic rings. The van der Waals surface area contributed by atoms with E-state index in [1.165, 1.54) is 72.8 Å². The third kappa shape index (κ3) is 8.97. The van der Waals surface area contributed by atoms with E-state index in [0.29, 0.717) is 22.1 Å². The van der Waals surface area contributed by atoms with Crippen LogP contribution in [0.4, 0.5) is 0 Å². The van der Waals surface area contributed by atoms with Gasteiger partial charge >= 0.3 is 0 Å². The van der Waals surface area contributed by atoms with Crippen LogP contribution in [-0.2, 0) is 13.0 Å². The number of hydrogen-bond acceptors (Lipinski definition) is 4. The topological polar surface area (TPSA) is 26.7 Å². The van der Waals surface area contributed by atoms with Crippen molar-refractivity contribution in [2.24, 2.45) is 0 Å². The van der Waals surface area contributed by atoms with Crippen molar-refractivity contribution in [1.82, 2.24) is 24.6 Å². The molecule has 2 atom stereocenters. The van der Waals surface area contributed by atoms with Gasteiger partial charge in [0, 0.05) is 73.2 Å². The number of nitrogens with zero attached hydrogens (tertiary/aromatic N) is 4. The second-order valence-corrected chi connectivity index (χ2v) is 13.4. The second kappa shape index (κ2) is 15.7. The number of aryl methyl sites for hydroxylation is 1. The fraction of sp³-hybridized carbons (Fsp3) is 0.500. The molecule has 0 amide bonds. The summed E-state index contributed by atoms with van der Waals surface area (Å²) < 4.78 is 2.50. The molecule has 43 heavy (non-hydrogen) atoms. The minimum Gasteiger partial charge on any atom is -0.340 e. The van der Waals surface area contributed by atoms with Crippen LogP contribution in [0.3, 0.4) is 0 Å². The molecule has 0 spiro atoms. The summed E-state index contributed by atoms with van der Waals surface area (Å²) in [5.41, 5.74) is 3.98. The smallest absolute Gasteiger partial charge is 0.0595 e. The normalized spacial score (nSPS) is 19.8. The molecule has 2 saturated heterocycles. The zero-order valence-corrected chi connectivity index (χ0v) is 27.8. The maximum absolute atomic E-state index is 6.02. The van der Waals surface area contributed by atoms with Gasteiger partial charge < -0.3 is 24.6 Å². The molecule has 232 valence electrons. The fourth-order valence-electron chi connectivity index (χ4n) is 6.76. The lowest BCUT2D eigenvalue weighted by molar-refractivity contribution is 0.170. The first-order chi connectivity index (χ1) is 20.9. The number of likely N-dealkylation sites (N-methyl/N-ethyl adjacent to an activating group) is 1. The van der Waals surface area contributed by atoms with Gasteiger partial charge in [0.25, 0.3) is 0 Å². The molecular formula is C36H49Cl2N5. The van der Waals surface area contributed by atoms with Gasteiger partial charge in [0.15, 0.2) is 0 Å². The highest BCUT2D eigenvalue weighted by molar-refractivity contribution is 6.42. The summed E-state index contributed by atoms with van der Waals surface area (Å²) in [6.07, 6.45) is 4.95. The van der Waals surface area contributed by atoms with E-state index >= 15 is 0 Å². The van der Waals surface area contributed by atoms with Crippen molar-refractivity contribution in [2.75, 3.05) is 59.4 Å². The molecule has 0 saturated carbocycles. The third-order valence-corrected chi connectivity index (χ3v) is 9.67. The molecule has 0 bridgehead atoms. The van der Waals surface area contributed by atoms with E-state index in [4.69, 9.17) is 23.2 Å². The van der Waals surface area contributed by atoms with Crippen molar-refractivity contribution in [3.63, 3.8) is 0 Å². The first-order valence-corrected chi connectivity index (χ1v) is 16.9. The highest BCUT2D eigenvalue weighted by Crippen LogP contribution is 2.29. The van der Waals surface area contributed by atoms with Crippen molar-refractivity contribution in [3.8, 4) is 0 Å². The molecule has 1 N–H and O–H groups in total. The van der Waals surface area contributed by atoms with Crippen molar-refractivity contribution >= 4 is 45.0 Å². The average molecular weight is 623 g/mol. The summed E-state index contributed by atoms with van der Waals surface area (Å²) in [5.74, 6) is 0. The SMILES string of the molecule is CN(CCc1ccc(Cl)c(Cl)c1)CCN1CCCC1.C[C@@H]1CN(CCCn2c3ccccc3c3ccccc32)C[C@H](C)N1. The predicted molar refractivity (Wildman–Crippen MR) is 186 cm³/mol. The third-order valence-electron chi connectivity index (χ3n) is 8.93. The van der Waals surface area contributed by atoms with E-state index in [2.05, 4.69) is 100 Å². The van der Waals surface area contributed by atoms with E-state index in [1.54, 1.807) is 0 Å². The van der Waals surface area contributed by atoms with Crippen LogP contribution >= 0.6 is 23.2 Å².